The van der Waals surface area contributed by atoms with Crippen LogP contribution in [0.1, 0.15) is 40.5 Å². The normalized spacial score (nSPS) is 15.6. The fraction of sp³-hybridized carbons (Fsp3) is 0.929. The van der Waals surface area contributed by atoms with Crippen molar-refractivity contribution in [2.24, 2.45) is 17.1 Å². The van der Waals surface area contributed by atoms with Crippen LogP contribution < -0.4 is 11.1 Å². The van der Waals surface area contributed by atoms with Crippen LogP contribution in [0.4, 0.5) is 0 Å². The van der Waals surface area contributed by atoms with Gasteiger partial charge in [0, 0.05) is 12.6 Å². The molecule has 0 aromatic heterocycles. The summed E-state index contributed by atoms with van der Waals surface area (Å²) in [6, 6.07) is 0.203. The summed E-state index contributed by atoms with van der Waals surface area (Å²) >= 11 is 0. The molecule has 0 saturated carbocycles. The number of nitrogens with one attached hydrogen (secondary N) is 1. The lowest BCUT2D eigenvalue weighted by atomic mass is 9.84. The minimum Gasteiger partial charge on any atom is -0.353 e. The zero-order valence-corrected chi connectivity index (χ0v) is 12.9. The second-order valence-electron chi connectivity index (χ2n) is 6.70. The van der Waals surface area contributed by atoms with Gasteiger partial charge in [-0.25, -0.2) is 0 Å². The highest BCUT2D eigenvalue weighted by atomic mass is 16.1. The molecule has 0 spiro atoms. The van der Waals surface area contributed by atoms with E-state index < -0.39 is 0 Å². The van der Waals surface area contributed by atoms with Gasteiger partial charge in [-0.2, -0.15) is 0 Å². The van der Waals surface area contributed by atoms with Crippen molar-refractivity contribution in [3.8, 4) is 0 Å². The lowest BCUT2D eigenvalue weighted by molar-refractivity contribution is -0.126. The Morgan fingerprint density at radius 3 is 2.28 bits per heavy atom. The predicted octanol–water partition coefficient (Wildman–Crippen LogP) is 1.45. The fourth-order valence-electron chi connectivity index (χ4n) is 1.91. The van der Waals surface area contributed by atoms with Crippen LogP contribution in [-0.4, -0.2) is 44.0 Å². The van der Waals surface area contributed by atoms with Gasteiger partial charge < -0.3 is 16.0 Å². The predicted molar refractivity (Wildman–Crippen MR) is 77.4 cm³/mol. The van der Waals surface area contributed by atoms with Crippen molar-refractivity contribution >= 4 is 5.91 Å². The van der Waals surface area contributed by atoms with Crippen LogP contribution >= 0.6 is 0 Å². The van der Waals surface area contributed by atoms with Gasteiger partial charge >= 0.3 is 0 Å². The van der Waals surface area contributed by atoms with Crippen LogP contribution in [-0.2, 0) is 4.79 Å². The molecule has 0 rings (SSSR count). The monoisotopic (exact) mass is 257 g/mol. The largest absolute Gasteiger partial charge is 0.353 e. The summed E-state index contributed by atoms with van der Waals surface area (Å²) in [5.74, 6) is 0.0190. The van der Waals surface area contributed by atoms with E-state index >= 15 is 0 Å². The van der Waals surface area contributed by atoms with Crippen LogP contribution in [0.25, 0.3) is 0 Å². The highest BCUT2D eigenvalue weighted by Gasteiger charge is 2.24. The van der Waals surface area contributed by atoms with Gasteiger partial charge in [0.25, 0.3) is 0 Å². The number of hydrogen-bond donors (Lipinski definition) is 2. The van der Waals surface area contributed by atoms with Crippen LogP contribution in [0, 0.1) is 11.3 Å². The summed E-state index contributed by atoms with van der Waals surface area (Å²) in [6.45, 7) is 9.86. The van der Waals surface area contributed by atoms with E-state index in [9.17, 15) is 4.79 Å². The highest BCUT2D eigenvalue weighted by molar-refractivity contribution is 5.79. The first-order chi connectivity index (χ1) is 8.15. The van der Waals surface area contributed by atoms with Crippen molar-refractivity contribution in [1.29, 1.82) is 0 Å². The molecule has 0 bridgehead atoms. The van der Waals surface area contributed by atoms with Crippen LogP contribution in [0.3, 0.4) is 0 Å². The van der Waals surface area contributed by atoms with Crippen LogP contribution in [0.15, 0.2) is 0 Å². The van der Waals surface area contributed by atoms with E-state index in [1.54, 1.807) is 0 Å². The molecule has 0 fully saturated rings. The average Bonchev–Trinajstić information content (AvgIpc) is 2.21. The van der Waals surface area contributed by atoms with Gasteiger partial charge in [-0.15, -0.1) is 0 Å². The van der Waals surface area contributed by atoms with Gasteiger partial charge in [0.2, 0.25) is 5.91 Å². The number of carbonyl (C=O) groups excluding carboxylic acids is 1. The Hall–Kier alpha value is -0.610. The lowest BCUT2D eigenvalue weighted by Crippen LogP contribution is -2.42. The molecule has 4 nitrogen and oxygen atoms in total. The van der Waals surface area contributed by atoms with Gasteiger partial charge in [0.15, 0.2) is 0 Å². The van der Waals surface area contributed by atoms with Crippen molar-refractivity contribution in [3.05, 3.63) is 0 Å². The molecule has 0 aromatic rings. The molecular formula is C14H31N3O. The second-order valence-corrected chi connectivity index (χ2v) is 6.70. The van der Waals surface area contributed by atoms with Crippen molar-refractivity contribution in [2.75, 3.05) is 27.2 Å². The third-order valence-electron chi connectivity index (χ3n) is 2.91. The molecule has 2 atom stereocenters. The molecular weight excluding hydrogens is 226 g/mol. The first-order valence-corrected chi connectivity index (χ1v) is 6.81. The summed E-state index contributed by atoms with van der Waals surface area (Å²) in [5, 5.41) is 3.06. The molecule has 0 saturated heterocycles. The Balaban J connectivity index is 4.19. The number of nitrogens with two attached hydrogens (primary N) is 1. The number of hydrogen-bond acceptors (Lipinski definition) is 3. The van der Waals surface area contributed by atoms with Crippen LogP contribution in [0.2, 0.25) is 0 Å². The molecule has 108 valence electrons. The zero-order valence-electron chi connectivity index (χ0n) is 12.9. The Labute approximate surface area is 112 Å². The van der Waals surface area contributed by atoms with E-state index in [0.29, 0.717) is 6.54 Å². The molecule has 4 heteroatoms. The molecule has 0 radical (unpaired) electrons. The second kappa shape index (κ2) is 7.74. The molecule has 2 unspecified atom stereocenters. The minimum atomic E-state index is -0.0770. The highest BCUT2D eigenvalue weighted by Crippen LogP contribution is 2.24. The molecule has 0 heterocycles. The lowest BCUT2D eigenvalue weighted by Gasteiger charge is -2.26. The van der Waals surface area contributed by atoms with E-state index in [-0.39, 0.29) is 23.3 Å². The smallest absolute Gasteiger partial charge is 0.224 e. The summed E-state index contributed by atoms with van der Waals surface area (Å²) in [6.07, 6.45) is 1.79. The Morgan fingerprint density at radius 1 is 1.33 bits per heavy atom. The van der Waals surface area contributed by atoms with Crippen molar-refractivity contribution in [1.82, 2.24) is 10.2 Å². The van der Waals surface area contributed by atoms with Gasteiger partial charge in [-0.05, 0) is 45.8 Å². The number of carbonyl (C=O) groups is 1. The van der Waals surface area contributed by atoms with Gasteiger partial charge in [-0.3, -0.25) is 4.79 Å². The quantitative estimate of drug-likeness (QED) is 0.726. The topological polar surface area (TPSA) is 58.4 Å². The van der Waals surface area contributed by atoms with Crippen molar-refractivity contribution in [2.45, 2.75) is 46.6 Å². The summed E-state index contributed by atoms with van der Waals surface area (Å²) in [7, 11) is 4.08. The Bertz CT molecular complexity index is 246. The fourth-order valence-corrected chi connectivity index (χ4v) is 1.91. The number of amides is 1. The Morgan fingerprint density at radius 2 is 1.89 bits per heavy atom. The third-order valence-corrected chi connectivity index (χ3v) is 2.91. The first-order valence-electron chi connectivity index (χ1n) is 6.81. The maximum atomic E-state index is 12.1. The molecule has 0 aliphatic heterocycles. The zero-order chi connectivity index (χ0) is 14.3. The number of nitrogens with zero attached hydrogens (tertiary/aromatic N) is 1. The Kier molecular flexibility index (Phi) is 7.48. The molecule has 3 N–H and O–H groups in total. The van der Waals surface area contributed by atoms with Crippen molar-refractivity contribution in [3.63, 3.8) is 0 Å². The molecule has 0 aliphatic rings. The summed E-state index contributed by atoms with van der Waals surface area (Å²) < 4.78 is 0. The summed E-state index contributed by atoms with van der Waals surface area (Å²) in [4.78, 5) is 14.2. The van der Waals surface area contributed by atoms with E-state index in [4.69, 9.17) is 5.73 Å². The third kappa shape index (κ3) is 8.48. The number of rotatable bonds is 7. The molecule has 0 aliphatic carbocycles. The van der Waals surface area contributed by atoms with Crippen molar-refractivity contribution < 1.29 is 4.79 Å². The summed E-state index contributed by atoms with van der Waals surface area (Å²) in [5.41, 5.74) is 5.84. The standard InChI is InChI=1S/C14H31N3O/c1-11(7-8-17(5)6)16-13(18)12(10-15)9-14(2,3)4/h11-12H,7-10,15H2,1-6H3,(H,16,18). The van der Waals surface area contributed by atoms with E-state index in [1.807, 2.05) is 21.0 Å². The first kappa shape index (κ1) is 17.4. The minimum absolute atomic E-state index is 0.0770. The van der Waals surface area contributed by atoms with Gasteiger partial charge in [0.05, 0.1) is 5.92 Å². The van der Waals surface area contributed by atoms with Gasteiger partial charge in [0.1, 0.15) is 0 Å². The van der Waals surface area contributed by atoms with E-state index in [1.165, 1.54) is 0 Å². The SMILES string of the molecule is CC(CCN(C)C)NC(=O)C(CN)CC(C)(C)C. The van der Waals surface area contributed by atoms with E-state index in [2.05, 4.69) is 31.0 Å². The molecule has 0 aromatic carbocycles. The maximum absolute atomic E-state index is 12.1. The van der Waals surface area contributed by atoms with Gasteiger partial charge in [-0.1, -0.05) is 20.8 Å². The molecule has 1 amide bonds. The van der Waals surface area contributed by atoms with Crippen LogP contribution in [0.5, 0.6) is 0 Å². The maximum Gasteiger partial charge on any atom is 0.224 e. The molecule has 18 heavy (non-hydrogen) atoms. The van der Waals surface area contributed by atoms with E-state index in [0.717, 1.165) is 19.4 Å². The average molecular weight is 257 g/mol.